The summed E-state index contributed by atoms with van der Waals surface area (Å²) in [6, 6.07) is 8.51. The summed E-state index contributed by atoms with van der Waals surface area (Å²) in [6.45, 7) is 16.3. The van der Waals surface area contributed by atoms with E-state index in [1.165, 1.54) is 16.8 Å². The molecule has 1 aromatic carbocycles. The van der Waals surface area contributed by atoms with Crippen molar-refractivity contribution in [3.8, 4) is 0 Å². The predicted molar refractivity (Wildman–Crippen MR) is 86.6 cm³/mol. The van der Waals surface area contributed by atoms with Gasteiger partial charge < -0.3 is 4.90 Å². The lowest BCUT2D eigenvalue weighted by molar-refractivity contribution is 0.618. The van der Waals surface area contributed by atoms with Gasteiger partial charge in [-0.05, 0) is 23.3 Å². The molecule has 0 aliphatic carbocycles. The second-order valence-electron chi connectivity index (χ2n) is 4.91. The molecule has 1 aromatic rings. The van der Waals surface area contributed by atoms with Crippen molar-refractivity contribution >= 4 is 5.69 Å². The van der Waals surface area contributed by atoms with Gasteiger partial charge in [-0.3, -0.25) is 0 Å². The Morgan fingerprint density at radius 1 is 1.05 bits per heavy atom. The number of nitrogens with zero attached hydrogens (tertiary/aromatic N) is 1. The third-order valence-corrected chi connectivity index (χ3v) is 3.65. The highest BCUT2D eigenvalue weighted by atomic mass is 15.1. The molecule has 0 unspecified atom stereocenters. The average Bonchev–Trinajstić information content (AvgIpc) is 2.44. The SMILES string of the molecule is C=CC1=C(C=C)C(C)(C)c2ccccc2N1C.CC. The lowest BCUT2D eigenvalue weighted by Gasteiger charge is -2.40. The Bertz CT molecular complexity index is 506. The fourth-order valence-electron chi connectivity index (χ4n) is 2.68. The smallest absolute Gasteiger partial charge is 0.0449 e. The van der Waals surface area contributed by atoms with Gasteiger partial charge in [-0.15, -0.1) is 0 Å². The molecule has 1 heteroatoms. The summed E-state index contributed by atoms with van der Waals surface area (Å²) in [7, 11) is 2.08. The van der Waals surface area contributed by atoms with E-state index in [0.29, 0.717) is 0 Å². The van der Waals surface area contributed by atoms with E-state index in [9.17, 15) is 0 Å². The molecule has 0 aromatic heterocycles. The molecule has 0 atom stereocenters. The Hall–Kier alpha value is -1.76. The first-order valence-electron chi connectivity index (χ1n) is 6.87. The third-order valence-electron chi connectivity index (χ3n) is 3.65. The lowest BCUT2D eigenvalue weighted by atomic mass is 9.73. The predicted octanol–water partition coefficient (Wildman–Crippen LogP) is 5.07. The average molecular weight is 255 g/mol. The number of hydrogen-bond donors (Lipinski definition) is 0. The van der Waals surface area contributed by atoms with Crippen molar-refractivity contribution < 1.29 is 0 Å². The zero-order valence-corrected chi connectivity index (χ0v) is 12.8. The summed E-state index contributed by atoms with van der Waals surface area (Å²) in [5.41, 5.74) is 4.94. The molecular weight excluding hydrogens is 230 g/mol. The number of rotatable bonds is 2. The summed E-state index contributed by atoms with van der Waals surface area (Å²) in [4.78, 5) is 2.19. The Kier molecular flexibility index (Phi) is 4.77. The lowest BCUT2D eigenvalue weighted by Crippen LogP contribution is -2.33. The number of likely N-dealkylation sites (N-methyl/N-ethyl adjacent to an activating group) is 1. The minimum absolute atomic E-state index is 0.0195. The number of para-hydroxylation sites is 1. The molecule has 0 saturated carbocycles. The van der Waals surface area contributed by atoms with E-state index in [4.69, 9.17) is 0 Å². The second-order valence-corrected chi connectivity index (χ2v) is 4.91. The van der Waals surface area contributed by atoms with Crippen molar-refractivity contribution in [1.29, 1.82) is 0 Å². The number of hydrogen-bond acceptors (Lipinski definition) is 1. The molecule has 1 nitrogen and oxygen atoms in total. The molecule has 0 saturated heterocycles. The first kappa shape index (κ1) is 15.3. The highest BCUT2D eigenvalue weighted by Gasteiger charge is 2.34. The highest BCUT2D eigenvalue weighted by molar-refractivity contribution is 5.69. The van der Waals surface area contributed by atoms with Crippen LogP contribution in [-0.2, 0) is 5.41 Å². The van der Waals surface area contributed by atoms with Crippen LogP contribution < -0.4 is 4.90 Å². The van der Waals surface area contributed by atoms with Crippen LogP contribution in [0, 0.1) is 0 Å². The topological polar surface area (TPSA) is 3.24 Å². The summed E-state index contributed by atoms with van der Waals surface area (Å²) >= 11 is 0. The fraction of sp³-hybridized carbons (Fsp3) is 0.333. The monoisotopic (exact) mass is 255 g/mol. The van der Waals surface area contributed by atoms with Crippen LogP contribution in [0.3, 0.4) is 0 Å². The van der Waals surface area contributed by atoms with Gasteiger partial charge in [0.15, 0.2) is 0 Å². The van der Waals surface area contributed by atoms with Crippen LogP contribution >= 0.6 is 0 Å². The van der Waals surface area contributed by atoms with E-state index in [1.807, 2.05) is 26.0 Å². The minimum Gasteiger partial charge on any atom is -0.344 e. The number of anilines is 1. The summed E-state index contributed by atoms with van der Waals surface area (Å²) in [5.74, 6) is 0. The molecule has 1 heterocycles. The van der Waals surface area contributed by atoms with Crippen LogP contribution in [0.4, 0.5) is 5.69 Å². The molecule has 0 fully saturated rings. The molecule has 0 spiro atoms. The Morgan fingerprint density at radius 2 is 1.63 bits per heavy atom. The first-order valence-corrected chi connectivity index (χ1v) is 6.87. The molecular formula is C18H25N. The largest absolute Gasteiger partial charge is 0.344 e. The molecule has 1 aliphatic rings. The first-order chi connectivity index (χ1) is 9.04. The van der Waals surface area contributed by atoms with Gasteiger partial charge in [0.2, 0.25) is 0 Å². The van der Waals surface area contributed by atoms with Crippen LogP contribution in [0.5, 0.6) is 0 Å². The van der Waals surface area contributed by atoms with Gasteiger partial charge in [-0.2, -0.15) is 0 Å². The van der Waals surface area contributed by atoms with E-state index in [2.05, 4.69) is 63.2 Å². The van der Waals surface area contributed by atoms with Crippen molar-refractivity contribution in [3.05, 3.63) is 66.4 Å². The summed E-state index contributed by atoms with van der Waals surface area (Å²) in [6.07, 6.45) is 3.86. The van der Waals surface area contributed by atoms with Gasteiger partial charge in [0, 0.05) is 23.8 Å². The Labute approximate surface area is 118 Å². The van der Waals surface area contributed by atoms with Crippen LogP contribution in [0.15, 0.2) is 60.8 Å². The van der Waals surface area contributed by atoms with Gasteiger partial charge in [-0.25, -0.2) is 0 Å². The Morgan fingerprint density at radius 3 is 2.16 bits per heavy atom. The van der Waals surface area contributed by atoms with Gasteiger partial charge in [0.1, 0.15) is 0 Å². The van der Waals surface area contributed by atoms with E-state index in [1.54, 1.807) is 0 Å². The second kappa shape index (κ2) is 5.92. The molecule has 0 N–H and O–H groups in total. The molecule has 19 heavy (non-hydrogen) atoms. The maximum Gasteiger partial charge on any atom is 0.0449 e. The van der Waals surface area contributed by atoms with Gasteiger partial charge >= 0.3 is 0 Å². The van der Waals surface area contributed by atoms with E-state index in [0.717, 1.165) is 5.70 Å². The van der Waals surface area contributed by atoms with Crippen molar-refractivity contribution in [2.45, 2.75) is 33.1 Å². The van der Waals surface area contributed by atoms with E-state index in [-0.39, 0.29) is 5.41 Å². The molecule has 1 aliphatic heterocycles. The fourth-order valence-corrected chi connectivity index (χ4v) is 2.68. The van der Waals surface area contributed by atoms with Crippen molar-refractivity contribution in [2.75, 3.05) is 11.9 Å². The van der Waals surface area contributed by atoms with Crippen LogP contribution in [0.1, 0.15) is 33.3 Å². The molecule has 0 amide bonds. The van der Waals surface area contributed by atoms with Crippen LogP contribution in [0.25, 0.3) is 0 Å². The normalized spacial score (nSPS) is 16.2. The van der Waals surface area contributed by atoms with Crippen LogP contribution in [0.2, 0.25) is 0 Å². The standard InChI is InChI=1S/C16H19N.C2H6/c1-6-12-14(7-2)17(5)15-11-9-8-10-13(15)16(12,3)4;1-2/h6-11H,1-2H2,3-5H3;1-2H3. The third kappa shape index (κ3) is 2.37. The number of fused-ring (bicyclic) bond motifs is 1. The van der Waals surface area contributed by atoms with Gasteiger partial charge in [0.05, 0.1) is 0 Å². The van der Waals surface area contributed by atoms with Gasteiger partial charge in [0.25, 0.3) is 0 Å². The summed E-state index contributed by atoms with van der Waals surface area (Å²) < 4.78 is 0. The van der Waals surface area contributed by atoms with Crippen LogP contribution in [-0.4, -0.2) is 7.05 Å². The molecule has 102 valence electrons. The maximum atomic E-state index is 3.95. The zero-order chi connectivity index (χ0) is 14.6. The van der Waals surface area contributed by atoms with Crippen molar-refractivity contribution in [2.24, 2.45) is 0 Å². The molecule has 0 radical (unpaired) electrons. The van der Waals surface area contributed by atoms with Gasteiger partial charge in [-0.1, -0.05) is 65.1 Å². The minimum atomic E-state index is -0.0195. The van der Waals surface area contributed by atoms with E-state index >= 15 is 0 Å². The van der Waals surface area contributed by atoms with E-state index < -0.39 is 0 Å². The highest BCUT2D eigenvalue weighted by Crippen LogP contribution is 2.44. The van der Waals surface area contributed by atoms with Crippen molar-refractivity contribution in [3.63, 3.8) is 0 Å². The quantitative estimate of drug-likeness (QED) is 0.713. The Balaban J connectivity index is 0.000000861. The summed E-state index contributed by atoms with van der Waals surface area (Å²) in [5, 5.41) is 0. The van der Waals surface area contributed by atoms with Crippen molar-refractivity contribution in [1.82, 2.24) is 0 Å². The number of allylic oxidation sites excluding steroid dienone is 3. The zero-order valence-electron chi connectivity index (χ0n) is 12.8. The molecule has 2 rings (SSSR count). The maximum absolute atomic E-state index is 3.95. The number of benzene rings is 1. The molecule has 0 bridgehead atoms.